The zero-order chi connectivity index (χ0) is 20.3. The number of nitrogens with zero attached hydrogens (tertiary/aromatic N) is 3. The van der Waals surface area contributed by atoms with Crippen LogP contribution in [0.15, 0.2) is 48.5 Å². The second-order valence-electron chi connectivity index (χ2n) is 6.08. The Morgan fingerprint density at radius 1 is 1.14 bits per heavy atom. The number of hydrogen-bond acceptors (Lipinski definition) is 5. The third-order valence-electron chi connectivity index (χ3n) is 3.80. The monoisotopic (exact) mass is 419 g/mol. The lowest BCUT2D eigenvalue weighted by Gasteiger charge is -2.10. The van der Waals surface area contributed by atoms with Gasteiger partial charge in [-0.05, 0) is 42.8 Å². The Kier molecular flexibility index (Phi) is 5.66. The molecule has 0 saturated carbocycles. The molecule has 1 heterocycles. The molecule has 28 heavy (non-hydrogen) atoms. The maximum atomic E-state index is 12.5. The molecule has 0 aliphatic heterocycles. The average Bonchev–Trinajstić information content (AvgIpc) is 3.02. The molecule has 10 heteroatoms. The van der Waals surface area contributed by atoms with Crippen molar-refractivity contribution in [1.82, 2.24) is 20.1 Å². The summed E-state index contributed by atoms with van der Waals surface area (Å²) in [5.41, 5.74) is 1.76. The van der Waals surface area contributed by atoms with Crippen molar-refractivity contribution in [2.24, 2.45) is 0 Å². The second-order valence-corrected chi connectivity index (χ2v) is 8.27. The van der Waals surface area contributed by atoms with Crippen molar-refractivity contribution in [1.29, 1.82) is 0 Å². The van der Waals surface area contributed by atoms with Gasteiger partial charge >= 0.3 is 0 Å². The van der Waals surface area contributed by atoms with Crippen LogP contribution in [0.1, 0.15) is 22.0 Å². The van der Waals surface area contributed by atoms with Crippen LogP contribution in [-0.4, -0.2) is 35.3 Å². The minimum atomic E-state index is -3.43. The molecule has 0 bridgehead atoms. The molecular formula is C18H18ClN5O3S. The first kappa shape index (κ1) is 19.8. The highest BCUT2D eigenvalue weighted by Gasteiger charge is 2.16. The Balaban J connectivity index is 1.75. The van der Waals surface area contributed by atoms with Crippen molar-refractivity contribution in [3.05, 3.63) is 70.8 Å². The maximum Gasteiger partial charge on any atom is 0.291 e. The van der Waals surface area contributed by atoms with Gasteiger partial charge < -0.3 is 5.32 Å². The fourth-order valence-corrected chi connectivity index (χ4v) is 3.27. The summed E-state index contributed by atoms with van der Waals surface area (Å²) in [7, 11) is -3.43. The molecule has 3 aromatic rings. The third kappa shape index (κ3) is 4.87. The van der Waals surface area contributed by atoms with E-state index in [4.69, 9.17) is 11.6 Å². The molecule has 0 fully saturated rings. The van der Waals surface area contributed by atoms with Gasteiger partial charge in [0.1, 0.15) is 5.82 Å². The Hall–Kier alpha value is -2.91. The SMILES string of the molecule is Cc1nc(C(=O)NCc2ccccc2NS(C)(=O)=O)nn1-c1ccc(Cl)cc1. The Bertz CT molecular complexity index is 1110. The van der Waals surface area contributed by atoms with Crippen LogP contribution in [0.4, 0.5) is 5.69 Å². The van der Waals surface area contributed by atoms with Gasteiger partial charge in [0.25, 0.3) is 5.91 Å². The molecule has 3 rings (SSSR count). The fraction of sp³-hybridized carbons (Fsp3) is 0.167. The van der Waals surface area contributed by atoms with E-state index in [-0.39, 0.29) is 12.4 Å². The molecule has 2 aromatic carbocycles. The Morgan fingerprint density at radius 3 is 2.50 bits per heavy atom. The molecule has 1 amide bonds. The summed E-state index contributed by atoms with van der Waals surface area (Å²) in [6, 6.07) is 13.8. The number of aromatic nitrogens is 3. The molecule has 0 aliphatic rings. The first-order valence-corrected chi connectivity index (χ1v) is 10.5. The van der Waals surface area contributed by atoms with E-state index in [0.29, 0.717) is 22.1 Å². The van der Waals surface area contributed by atoms with Crippen LogP contribution in [-0.2, 0) is 16.6 Å². The topological polar surface area (TPSA) is 106 Å². The summed E-state index contributed by atoms with van der Waals surface area (Å²) in [5, 5.41) is 7.55. The maximum absolute atomic E-state index is 12.5. The highest BCUT2D eigenvalue weighted by Crippen LogP contribution is 2.17. The summed E-state index contributed by atoms with van der Waals surface area (Å²) in [5.74, 6) is 0.0950. The fourth-order valence-electron chi connectivity index (χ4n) is 2.54. The largest absolute Gasteiger partial charge is 0.345 e. The van der Waals surface area contributed by atoms with Crippen molar-refractivity contribution in [2.75, 3.05) is 11.0 Å². The van der Waals surface area contributed by atoms with Crippen molar-refractivity contribution in [3.8, 4) is 5.69 Å². The summed E-state index contributed by atoms with van der Waals surface area (Å²) in [6.45, 7) is 1.86. The van der Waals surface area contributed by atoms with Crippen LogP contribution in [0.3, 0.4) is 0 Å². The lowest BCUT2D eigenvalue weighted by molar-refractivity contribution is 0.0940. The molecule has 0 spiro atoms. The van der Waals surface area contributed by atoms with E-state index >= 15 is 0 Å². The van der Waals surface area contributed by atoms with Crippen molar-refractivity contribution in [3.63, 3.8) is 0 Å². The third-order valence-corrected chi connectivity index (χ3v) is 4.64. The predicted octanol–water partition coefficient (Wildman–Crippen LogP) is 2.53. The zero-order valence-corrected chi connectivity index (χ0v) is 16.8. The first-order valence-electron chi connectivity index (χ1n) is 8.26. The predicted molar refractivity (Wildman–Crippen MR) is 107 cm³/mol. The van der Waals surface area contributed by atoms with E-state index in [2.05, 4.69) is 20.1 Å². The molecule has 8 nitrogen and oxygen atoms in total. The summed E-state index contributed by atoms with van der Waals surface area (Å²) < 4.78 is 26.9. The number of rotatable bonds is 6. The number of para-hydroxylation sites is 1. The van der Waals surface area contributed by atoms with E-state index < -0.39 is 15.9 Å². The van der Waals surface area contributed by atoms with Crippen LogP contribution in [0, 0.1) is 6.92 Å². The van der Waals surface area contributed by atoms with Crippen molar-refractivity contribution >= 4 is 33.2 Å². The van der Waals surface area contributed by atoms with Gasteiger partial charge in [-0.1, -0.05) is 29.8 Å². The number of halogens is 1. The average molecular weight is 420 g/mol. The van der Waals surface area contributed by atoms with Gasteiger partial charge in [0, 0.05) is 11.6 Å². The van der Waals surface area contributed by atoms with Gasteiger partial charge in [-0.15, -0.1) is 5.10 Å². The number of nitrogens with one attached hydrogen (secondary N) is 2. The summed E-state index contributed by atoms with van der Waals surface area (Å²) >= 11 is 5.89. The second kappa shape index (κ2) is 7.99. The molecule has 146 valence electrons. The molecule has 0 saturated heterocycles. The Labute approximate surface area is 167 Å². The number of carbonyl (C=O) groups is 1. The lowest BCUT2D eigenvalue weighted by Crippen LogP contribution is -2.25. The van der Waals surface area contributed by atoms with Crippen LogP contribution < -0.4 is 10.0 Å². The van der Waals surface area contributed by atoms with Crippen LogP contribution in [0.25, 0.3) is 5.69 Å². The van der Waals surface area contributed by atoms with Crippen LogP contribution in [0.2, 0.25) is 5.02 Å². The van der Waals surface area contributed by atoms with Gasteiger partial charge in [-0.3, -0.25) is 9.52 Å². The standard InChI is InChI=1S/C18H18ClN5O3S/c1-12-21-17(22-24(12)15-9-7-14(19)8-10-15)18(25)20-11-13-5-3-4-6-16(13)23-28(2,26)27/h3-10,23H,11H2,1-2H3,(H,20,25). The van der Waals surface area contributed by atoms with Gasteiger partial charge in [0.15, 0.2) is 0 Å². The van der Waals surface area contributed by atoms with Crippen LogP contribution in [0.5, 0.6) is 0 Å². The van der Waals surface area contributed by atoms with E-state index in [1.807, 2.05) is 0 Å². The van der Waals surface area contributed by atoms with Gasteiger partial charge in [0.2, 0.25) is 15.8 Å². The zero-order valence-electron chi connectivity index (χ0n) is 15.2. The number of amides is 1. The van der Waals surface area contributed by atoms with Gasteiger partial charge in [0.05, 0.1) is 17.6 Å². The number of benzene rings is 2. The lowest BCUT2D eigenvalue weighted by atomic mass is 10.2. The summed E-state index contributed by atoms with van der Waals surface area (Å²) in [4.78, 5) is 16.7. The minimum Gasteiger partial charge on any atom is -0.345 e. The van der Waals surface area contributed by atoms with E-state index in [1.54, 1.807) is 60.1 Å². The summed E-state index contributed by atoms with van der Waals surface area (Å²) in [6.07, 6.45) is 1.07. The number of sulfonamides is 1. The highest BCUT2D eigenvalue weighted by atomic mass is 35.5. The molecule has 0 unspecified atom stereocenters. The molecule has 0 atom stereocenters. The van der Waals surface area contributed by atoms with E-state index in [9.17, 15) is 13.2 Å². The molecule has 0 aliphatic carbocycles. The molecular weight excluding hydrogens is 402 g/mol. The highest BCUT2D eigenvalue weighted by molar-refractivity contribution is 7.92. The first-order chi connectivity index (χ1) is 13.2. The minimum absolute atomic E-state index is 0.0148. The smallest absolute Gasteiger partial charge is 0.291 e. The molecule has 1 aromatic heterocycles. The quantitative estimate of drug-likeness (QED) is 0.638. The van der Waals surface area contributed by atoms with Crippen molar-refractivity contribution < 1.29 is 13.2 Å². The number of carbonyl (C=O) groups excluding carboxylic acids is 1. The number of hydrogen-bond donors (Lipinski definition) is 2. The normalized spacial score (nSPS) is 11.2. The Morgan fingerprint density at radius 2 is 1.82 bits per heavy atom. The number of aryl methyl sites for hydroxylation is 1. The van der Waals surface area contributed by atoms with E-state index in [1.165, 1.54) is 0 Å². The molecule has 0 radical (unpaired) electrons. The van der Waals surface area contributed by atoms with Gasteiger partial charge in [-0.25, -0.2) is 18.1 Å². The van der Waals surface area contributed by atoms with E-state index in [0.717, 1.165) is 11.9 Å². The van der Waals surface area contributed by atoms with Crippen LogP contribution >= 0.6 is 11.6 Å². The van der Waals surface area contributed by atoms with Crippen molar-refractivity contribution in [2.45, 2.75) is 13.5 Å². The number of anilines is 1. The molecule has 2 N–H and O–H groups in total. The van der Waals surface area contributed by atoms with Gasteiger partial charge in [-0.2, -0.15) is 0 Å².